The van der Waals surface area contributed by atoms with Gasteiger partial charge in [-0.1, -0.05) is 6.07 Å². The molecule has 0 aromatic heterocycles. The van der Waals surface area contributed by atoms with E-state index in [9.17, 15) is 17.6 Å². The van der Waals surface area contributed by atoms with E-state index in [0.29, 0.717) is 18.4 Å². The maximum Gasteiger partial charge on any atom is 0.251 e. The minimum Gasteiger partial charge on any atom is -0.355 e. The lowest BCUT2D eigenvalue weighted by molar-refractivity contribution is 0.0963. The molecule has 2 aromatic carbocycles. The molecule has 24 heavy (non-hydrogen) atoms. The number of carbonyl (C=O) groups excluding carboxylic acids is 1. The SMILES string of the molecule is CNC(=O)c1ccc(S(=O)(=O)N[C@H]2CCc3cc(F)ccc32)cc1. The van der Waals surface area contributed by atoms with Crippen molar-refractivity contribution in [2.45, 2.75) is 23.8 Å². The van der Waals surface area contributed by atoms with Crippen molar-refractivity contribution in [3.05, 3.63) is 65.0 Å². The average Bonchev–Trinajstić information content (AvgIpc) is 2.95. The van der Waals surface area contributed by atoms with Crippen molar-refractivity contribution < 1.29 is 17.6 Å². The number of halogens is 1. The van der Waals surface area contributed by atoms with Crippen LogP contribution in [0.15, 0.2) is 47.4 Å². The summed E-state index contributed by atoms with van der Waals surface area (Å²) < 4.78 is 41.0. The van der Waals surface area contributed by atoms with E-state index in [1.54, 1.807) is 6.07 Å². The number of benzene rings is 2. The van der Waals surface area contributed by atoms with Crippen LogP contribution in [0.2, 0.25) is 0 Å². The molecule has 5 nitrogen and oxygen atoms in total. The van der Waals surface area contributed by atoms with E-state index in [1.165, 1.54) is 43.4 Å². The van der Waals surface area contributed by atoms with Gasteiger partial charge in [-0.05, 0) is 60.4 Å². The third-order valence-corrected chi connectivity index (χ3v) is 5.62. The van der Waals surface area contributed by atoms with E-state index in [4.69, 9.17) is 0 Å². The van der Waals surface area contributed by atoms with E-state index >= 15 is 0 Å². The summed E-state index contributed by atoms with van der Waals surface area (Å²) in [7, 11) is -2.21. The number of aryl methyl sites for hydroxylation is 1. The van der Waals surface area contributed by atoms with Crippen LogP contribution in [-0.2, 0) is 16.4 Å². The van der Waals surface area contributed by atoms with Crippen molar-refractivity contribution in [2.24, 2.45) is 0 Å². The molecule has 0 saturated carbocycles. The Hall–Kier alpha value is -2.25. The molecule has 0 unspecified atom stereocenters. The Kier molecular flexibility index (Phi) is 4.38. The minimum absolute atomic E-state index is 0.0886. The van der Waals surface area contributed by atoms with Gasteiger partial charge in [0.1, 0.15) is 5.82 Å². The molecular weight excluding hydrogens is 331 g/mol. The zero-order valence-electron chi connectivity index (χ0n) is 13.0. The first-order valence-corrected chi connectivity index (χ1v) is 9.02. The maximum atomic E-state index is 13.3. The number of fused-ring (bicyclic) bond motifs is 1. The molecule has 0 radical (unpaired) electrons. The summed E-state index contributed by atoms with van der Waals surface area (Å²) in [6, 6.07) is 9.76. The summed E-state index contributed by atoms with van der Waals surface area (Å²) in [6.45, 7) is 0. The van der Waals surface area contributed by atoms with Gasteiger partial charge in [0.2, 0.25) is 10.0 Å². The predicted molar refractivity (Wildman–Crippen MR) is 87.6 cm³/mol. The van der Waals surface area contributed by atoms with Gasteiger partial charge in [0.15, 0.2) is 0 Å². The molecule has 126 valence electrons. The molecule has 0 heterocycles. The molecule has 0 fully saturated rings. The molecule has 0 saturated heterocycles. The van der Waals surface area contributed by atoms with E-state index in [1.807, 2.05) is 0 Å². The second-order valence-electron chi connectivity index (χ2n) is 5.66. The Balaban J connectivity index is 1.82. The Labute approximate surface area is 139 Å². The summed E-state index contributed by atoms with van der Waals surface area (Å²) >= 11 is 0. The largest absolute Gasteiger partial charge is 0.355 e. The van der Waals surface area contributed by atoms with Gasteiger partial charge in [-0.15, -0.1) is 0 Å². The molecule has 1 aliphatic carbocycles. The third-order valence-electron chi connectivity index (χ3n) is 4.13. The highest BCUT2D eigenvalue weighted by molar-refractivity contribution is 7.89. The second-order valence-corrected chi connectivity index (χ2v) is 7.37. The summed E-state index contributed by atoms with van der Waals surface area (Å²) in [5, 5.41) is 2.48. The monoisotopic (exact) mass is 348 g/mol. The Morgan fingerprint density at radius 1 is 1.17 bits per heavy atom. The molecule has 1 aliphatic rings. The number of amides is 1. The van der Waals surface area contributed by atoms with Crippen LogP contribution in [0.4, 0.5) is 4.39 Å². The molecule has 0 spiro atoms. The van der Waals surface area contributed by atoms with E-state index in [-0.39, 0.29) is 22.7 Å². The minimum atomic E-state index is -3.72. The van der Waals surface area contributed by atoms with Crippen LogP contribution in [0.25, 0.3) is 0 Å². The van der Waals surface area contributed by atoms with Crippen LogP contribution >= 0.6 is 0 Å². The number of nitrogens with one attached hydrogen (secondary N) is 2. The lowest BCUT2D eigenvalue weighted by Gasteiger charge is -2.14. The molecular formula is C17H17FN2O3S. The maximum absolute atomic E-state index is 13.3. The number of carbonyl (C=O) groups is 1. The number of rotatable bonds is 4. The van der Waals surface area contributed by atoms with Crippen molar-refractivity contribution >= 4 is 15.9 Å². The summed E-state index contributed by atoms with van der Waals surface area (Å²) in [4.78, 5) is 11.6. The molecule has 3 rings (SSSR count). The van der Waals surface area contributed by atoms with Gasteiger partial charge in [-0.25, -0.2) is 17.5 Å². The summed E-state index contributed by atoms with van der Waals surface area (Å²) in [5.41, 5.74) is 2.03. The zero-order valence-corrected chi connectivity index (χ0v) is 13.9. The normalized spacial score (nSPS) is 16.7. The quantitative estimate of drug-likeness (QED) is 0.889. The predicted octanol–water partition coefficient (Wildman–Crippen LogP) is 2.15. The standard InChI is InChI=1S/C17H17FN2O3S/c1-19-17(21)11-2-6-14(7-3-11)24(22,23)20-16-9-4-12-10-13(18)5-8-15(12)16/h2-3,5-8,10,16,20H,4,9H2,1H3,(H,19,21)/t16-/m0/s1. The van der Waals surface area contributed by atoms with Crippen molar-refractivity contribution in [3.8, 4) is 0 Å². The van der Waals surface area contributed by atoms with E-state index in [2.05, 4.69) is 10.0 Å². The van der Waals surface area contributed by atoms with Crippen LogP contribution in [0.3, 0.4) is 0 Å². The molecule has 1 atom stereocenters. The fourth-order valence-corrected chi connectivity index (χ4v) is 4.14. The van der Waals surface area contributed by atoms with E-state index < -0.39 is 10.0 Å². The number of hydrogen-bond acceptors (Lipinski definition) is 3. The van der Waals surface area contributed by atoms with Crippen molar-refractivity contribution in [2.75, 3.05) is 7.05 Å². The van der Waals surface area contributed by atoms with Gasteiger partial charge in [-0.2, -0.15) is 0 Å². The van der Waals surface area contributed by atoms with Gasteiger partial charge in [0, 0.05) is 18.7 Å². The molecule has 0 aliphatic heterocycles. The third kappa shape index (κ3) is 3.18. The number of hydrogen-bond donors (Lipinski definition) is 2. The van der Waals surface area contributed by atoms with Crippen LogP contribution in [0, 0.1) is 5.82 Å². The summed E-state index contributed by atoms with van der Waals surface area (Å²) in [6.07, 6.45) is 1.23. The van der Waals surface area contributed by atoms with Gasteiger partial charge in [0.05, 0.1) is 4.90 Å². The van der Waals surface area contributed by atoms with Gasteiger partial charge >= 0.3 is 0 Å². The highest BCUT2D eigenvalue weighted by Gasteiger charge is 2.27. The van der Waals surface area contributed by atoms with Crippen LogP contribution < -0.4 is 10.0 Å². The lowest BCUT2D eigenvalue weighted by Crippen LogP contribution is -2.27. The van der Waals surface area contributed by atoms with Crippen molar-refractivity contribution in [1.29, 1.82) is 0 Å². The molecule has 2 aromatic rings. The Bertz CT molecular complexity index is 879. The molecule has 2 N–H and O–H groups in total. The smallest absolute Gasteiger partial charge is 0.251 e. The topological polar surface area (TPSA) is 75.3 Å². The summed E-state index contributed by atoms with van der Waals surface area (Å²) in [5.74, 6) is -0.597. The van der Waals surface area contributed by atoms with E-state index in [0.717, 1.165) is 11.1 Å². The molecule has 7 heteroatoms. The lowest BCUT2D eigenvalue weighted by atomic mass is 10.1. The average molecular weight is 348 g/mol. The van der Waals surface area contributed by atoms with Crippen LogP contribution in [0.5, 0.6) is 0 Å². The second kappa shape index (κ2) is 6.33. The van der Waals surface area contributed by atoms with Crippen molar-refractivity contribution in [1.82, 2.24) is 10.0 Å². The zero-order chi connectivity index (χ0) is 17.3. The van der Waals surface area contributed by atoms with Gasteiger partial charge < -0.3 is 5.32 Å². The first kappa shape index (κ1) is 16.6. The first-order chi connectivity index (χ1) is 11.4. The van der Waals surface area contributed by atoms with Gasteiger partial charge in [-0.3, -0.25) is 4.79 Å². The van der Waals surface area contributed by atoms with Crippen LogP contribution in [0.1, 0.15) is 33.9 Å². The molecule has 1 amide bonds. The molecule has 0 bridgehead atoms. The fourth-order valence-electron chi connectivity index (χ4n) is 2.89. The van der Waals surface area contributed by atoms with Crippen molar-refractivity contribution in [3.63, 3.8) is 0 Å². The Morgan fingerprint density at radius 3 is 2.54 bits per heavy atom. The highest BCUT2D eigenvalue weighted by Crippen LogP contribution is 2.32. The number of sulfonamides is 1. The van der Waals surface area contributed by atoms with Crippen LogP contribution in [-0.4, -0.2) is 21.4 Å². The Morgan fingerprint density at radius 2 is 1.88 bits per heavy atom. The van der Waals surface area contributed by atoms with Gasteiger partial charge in [0.25, 0.3) is 5.91 Å². The fraction of sp³-hybridized carbons (Fsp3) is 0.235. The highest BCUT2D eigenvalue weighted by atomic mass is 32.2. The first-order valence-electron chi connectivity index (χ1n) is 7.53.